The van der Waals surface area contributed by atoms with Gasteiger partial charge in [-0.05, 0) is 12.0 Å². The van der Waals surface area contributed by atoms with Gasteiger partial charge in [-0.25, -0.2) is 0 Å². The molecule has 1 aromatic heterocycles. The highest BCUT2D eigenvalue weighted by atomic mass is 16.1. The number of aromatic nitrogens is 1. The molecule has 0 radical (unpaired) electrons. The quantitative estimate of drug-likeness (QED) is 0.697. The standard InChI is InChI=1S/C9H11N3O2/c1-2-5-6(8(10)13)3-12-4-7(5)9(11)14/h3-4H,2H2,1H3,(H2,10,13)(H2,11,14). The van der Waals surface area contributed by atoms with Gasteiger partial charge in [0.25, 0.3) is 11.8 Å². The number of hydrogen-bond acceptors (Lipinski definition) is 3. The Morgan fingerprint density at radius 3 is 1.93 bits per heavy atom. The number of carbonyl (C=O) groups excluding carboxylic acids is 2. The lowest BCUT2D eigenvalue weighted by Gasteiger charge is -2.07. The van der Waals surface area contributed by atoms with Crippen LogP contribution in [0.2, 0.25) is 0 Å². The number of carbonyl (C=O) groups is 2. The monoisotopic (exact) mass is 193 g/mol. The second kappa shape index (κ2) is 3.87. The van der Waals surface area contributed by atoms with Gasteiger partial charge in [-0.3, -0.25) is 14.6 Å². The van der Waals surface area contributed by atoms with E-state index in [9.17, 15) is 9.59 Å². The molecular weight excluding hydrogens is 182 g/mol. The lowest BCUT2D eigenvalue weighted by molar-refractivity contribution is 0.0999. The molecule has 0 atom stereocenters. The molecule has 0 aliphatic heterocycles. The van der Waals surface area contributed by atoms with Crippen LogP contribution in [-0.2, 0) is 6.42 Å². The minimum Gasteiger partial charge on any atom is -0.366 e. The van der Waals surface area contributed by atoms with Crippen molar-refractivity contribution in [2.45, 2.75) is 13.3 Å². The first-order chi connectivity index (χ1) is 6.57. The number of nitrogens with two attached hydrogens (primary N) is 2. The Kier molecular flexibility index (Phi) is 2.81. The summed E-state index contributed by atoms with van der Waals surface area (Å²) in [5.41, 5.74) is 11.3. The lowest BCUT2D eigenvalue weighted by Crippen LogP contribution is -2.20. The average molecular weight is 193 g/mol. The number of primary amides is 2. The molecule has 1 aromatic rings. The van der Waals surface area contributed by atoms with Crippen LogP contribution in [0.15, 0.2) is 12.4 Å². The Hall–Kier alpha value is -1.91. The van der Waals surface area contributed by atoms with Gasteiger partial charge in [0.05, 0.1) is 11.1 Å². The van der Waals surface area contributed by atoms with Crippen molar-refractivity contribution in [3.8, 4) is 0 Å². The molecule has 0 saturated carbocycles. The average Bonchev–Trinajstić information content (AvgIpc) is 2.16. The van der Waals surface area contributed by atoms with Crippen molar-refractivity contribution in [1.82, 2.24) is 4.98 Å². The number of amides is 2. The predicted molar refractivity (Wildman–Crippen MR) is 50.7 cm³/mol. The number of rotatable bonds is 3. The molecule has 1 heterocycles. The first-order valence-electron chi connectivity index (χ1n) is 4.14. The van der Waals surface area contributed by atoms with Crippen LogP contribution < -0.4 is 11.5 Å². The van der Waals surface area contributed by atoms with Gasteiger partial charge in [-0.1, -0.05) is 6.92 Å². The van der Waals surface area contributed by atoms with Crippen LogP contribution in [0.4, 0.5) is 0 Å². The number of nitrogens with zero attached hydrogens (tertiary/aromatic N) is 1. The molecule has 0 bridgehead atoms. The fourth-order valence-electron chi connectivity index (χ4n) is 1.29. The van der Waals surface area contributed by atoms with E-state index in [0.29, 0.717) is 12.0 Å². The van der Waals surface area contributed by atoms with Gasteiger partial charge < -0.3 is 11.5 Å². The molecule has 0 saturated heterocycles. The van der Waals surface area contributed by atoms with E-state index in [-0.39, 0.29) is 11.1 Å². The van der Waals surface area contributed by atoms with E-state index >= 15 is 0 Å². The van der Waals surface area contributed by atoms with Crippen molar-refractivity contribution in [3.05, 3.63) is 29.1 Å². The lowest BCUT2D eigenvalue weighted by atomic mass is 10.0. The molecule has 14 heavy (non-hydrogen) atoms. The first-order valence-corrected chi connectivity index (χ1v) is 4.14. The molecule has 2 amide bonds. The third-order valence-electron chi connectivity index (χ3n) is 1.94. The van der Waals surface area contributed by atoms with Crippen molar-refractivity contribution < 1.29 is 9.59 Å². The Bertz CT molecular complexity index is 355. The van der Waals surface area contributed by atoms with Crippen molar-refractivity contribution >= 4 is 11.8 Å². The van der Waals surface area contributed by atoms with E-state index in [1.165, 1.54) is 12.4 Å². The molecule has 5 heteroatoms. The Morgan fingerprint density at radius 1 is 1.21 bits per heavy atom. The van der Waals surface area contributed by atoms with Crippen molar-refractivity contribution in [2.75, 3.05) is 0 Å². The normalized spacial score (nSPS) is 9.79. The number of hydrogen-bond donors (Lipinski definition) is 2. The van der Waals surface area contributed by atoms with Crippen molar-refractivity contribution in [3.63, 3.8) is 0 Å². The van der Waals surface area contributed by atoms with Gasteiger partial charge in [0, 0.05) is 12.4 Å². The van der Waals surface area contributed by atoms with Crippen LogP contribution in [0, 0.1) is 0 Å². The smallest absolute Gasteiger partial charge is 0.250 e. The van der Waals surface area contributed by atoms with E-state index in [0.717, 1.165) is 0 Å². The van der Waals surface area contributed by atoms with Gasteiger partial charge in [-0.2, -0.15) is 0 Å². The minimum absolute atomic E-state index is 0.254. The van der Waals surface area contributed by atoms with Gasteiger partial charge in [0.15, 0.2) is 0 Å². The van der Waals surface area contributed by atoms with E-state index in [1.807, 2.05) is 6.92 Å². The summed E-state index contributed by atoms with van der Waals surface area (Å²) in [5, 5.41) is 0. The van der Waals surface area contributed by atoms with E-state index in [2.05, 4.69) is 4.98 Å². The van der Waals surface area contributed by atoms with Crippen molar-refractivity contribution in [1.29, 1.82) is 0 Å². The summed E-state index contributed by atoms with van der Waals surface area (Å²) < 4.78 is 0. The van der Waals surface area contributed by atoms with Crippen molar-refractivity contribution in [2.24, 2.45) is 11.5 Å². The van der Waals surface area contributed by atoms with Crippen LogP contribution >= 0.6 is 0 Å². The summed E-state index contributed by atoms with van der Waals surface area (Å²) in [4.78, 5) is 25.7. The fourth-order valence-corrected chi connectivity index (χ4v) is 1.29. The summed E-state index contributed by atoms with van der Waals surface area (Å²) in [6.45, 7) is 1.81. The van der Waals surface area contributed by atoms with Gasteiger partial charge in [0.2, 0.25) is 0 Å². The summed E-state index contributed by atoms with van der Waals surface area (Å²) in [5.74, 6) is -1.20. The van der Waals surface area contributed by atoms with Crippen LogP contribution in [0.1, 0.15) is 33.2 Å². The molecule has 74 valence electrons. The zero-order chi connectivity index (χ0) is 10.7. The van der Waals surface area contributed by atoms with Gasteiger partial charge in [0.1, 0.15) is 0 Å². The highest BCUT2D eigenvalue weighted by Gasteiger charge is 2.14. The molecular formula is C9H11N3O2. The Morgan fingerprint density at radius 2 is 1.64 bits per heavy atom. The molecule has 0 aliphatic carbocycles. The van der Waals surface area contributed by atoms with Crippen LogP contribution in [0.3, 0.4) is 0 Å². The SMILES string of the molecule is CCc1c(C(N)=O)cncc1C(N)=O. The molecule has 4 N–H and O–H groups in total. The molecule has 0 aromatic carbocycles. The van der Waals surface area contributed by atoms with Crippen LogP contribution in [0.5, 0.6) is 0 Å². The van der Waals surface area contributed by atoms with E-state index in [4.69, 9.17) is 11.5 Å². The molecule has 5 nitrogen and oxygen atoms in total. The molecule has 0 aliphatic rings. The van der Waals surface area contributed by atoms with Crippen LogP contribution in [0.25, 0.3) is 0 Å². The summed E-state index contributed by atoms with van der Waals surface area (Å²) in [7, 11) is 0. The summed E-state index contributed by atoms with van der Waals surface area (Å²) in [6, 6.07) is 0. The zero-order valence-electron chi connectivity index (χ0n) is 7.78. The molecule has 1 rings (SSSR count). The highest BCUT2D eigenvalue weighted by Crippen LogP contribution is 2.13. The predicted octanol–water partition coefficient (Wildman–Crippen LogP) is -0.158. The maximum absolute atomic E-state index is 11.0. The van der Waals surface area contributed by atoms with E-state index in [1.54, 1.807) is 0 Å². The molecule has 0 fully saturated rings. The first kappa shape index (κ1) is 10.2. The Labute approximate surface area is 81.1 Å². The summed E-state index contributed by atoms with van der Waals surface area (Å²) in [6.07, 6.45) is 3.19. The van der Waals surface area contributed by atoms with E-state index < -0.39 is 11.8 Å². The third kappa shape index (κ3) is 1.71. The van der Waals surface area contributed by atoms with Gasteiger partial charge >= 0.3 is 0 Å². The third-order valence-corrected chi connectivity index (χ3v) is 1.94. The largest absolute Gasteiger partial charge is 0.366 e. The fraction of sp³-hybridized carbons (Fsp3) is 0.222. The maximum atomic E-state index is 11.0. The second-order valence-corrected chi connectivity index (χ2v) is 2.80. The molecule has 0 spiro atoms. The summed E-state index contributed by atoms with van der Waals surface area (Å²) >= 11 is 0. The van der Waals surface area contributed by atoms with Gasteiger partial charge in [-0.15, -0.1) is 0 Å². The zero-order valence-corrected chi connectivity index (χ0v) is 7.78. The number of pyridine rings is 1. The van der Waals surface area contributed by atoms with Crippen LogP contribution in [-0.4, -0.2) is 16.8 Å². The highest BCUT2D eigenvalue weighted by molar-refractivity contribution is 6.00. The maximum Gasteiger partial charge on any atom is 0.250 e. The molecule has 0 unspecified atom stereocenters. The Balaban J connectivity index is 3.39. The topological polar surface area (TPSA) is 99.1 Å². The second-order valence-electron chi connectivity index (χ2n) is 2.80. The minimum atomic E-state index is -0.600.